The average molecular weight is 522 g/mol. The van der Waals surface area contributed by atoms with E-state index in [1.54, 1.807) is 30.3 Å². The van der Waals surface area contributed by atoms with Gasteiger partial charge in [0.25, 0.3) is 11.8 Å². The molecule has 12 heteroatoms. The van der Waals surface area contributed by atoms with Crippen LogP contribution in [0.4, 0.5) is 5.69 Å². The number of amides is 3. The largest absolute Gasteiger partial charge is 0.497 e. The average Bonchev–Trinajstić information content (AvgIpc) is 3.33. The van der Waals surface area contributed by atoms with Crippen LogP contribution in [0.2, 0.25) is 0 Å². The molecule has 0 saturated carbocycles. The van der Waals surface area contributed by atoms with Crippen LogP contribution in [0.3, 0.4) is 0 Å². The Labute approximate surface area is 208 Å². The molecule has 0 unspecified atom stereocenters. The number of nitrogens with one attached hydrogen (secondary N) is 1. The number of methoxy groups -OCH3 is 2. The zero-order chi connectivity index (χ0) is 25.6. The normalized spacial score (nSPS) is 13.5. The van der Waals surface area contributed by atoms with Crippen molar-refractivity contribution in [3.05, 3.63) is 48.0 Å². The molecular formula is C23H27N3O7S2. The molecule has 2 aromatic carbocycles. The van der Waals surface area contributed by atoms with Crippen molar-refractivity contribution in [1.82, 2.24) is 10.0 Å². The number of thioether (sulfide) groups is 1. The first-order valence-corrected chi connectivity index (χ1v) is 13.7. The van der Waals surface area contributed by atoms with Crippen molar-refractivity contribution in [2.24, 2.45) is 0 Å². The van der Waals surface area contributed by atoms with Crippen LogP contribution in [-0.4, -0.2) is 81.2 Å². The maximum atomic E-state index is 13.1. The van der Waals surface area contributed by atoms with E-state index < -0.39 is 15.7 Å². The summed E-state index contributed by atoms with van der Waals surface area (Å²) in [7, 11) is -0.618. The van der Waals surface area contributed by atoms with Gasteiger partial charge in [0.2, 0.25) is 5.91 Å². The van der Waals surface area contributed by atoms with Gasteiger partial charge in [-0.15, -0.1) is 11.8 Å². The first-order valence-electron chi connectivity index (χ1n) is 10.7. The molecule has 1 aliphatic heterocycles. The standard InChI is InChI=1S/C23H27N3O7S2/c1-32-16-9-10-19(33-2)18(13-16)24-21(27)14-34-15-22(28)25-11-6-12-26(25)23(29)17-7-4-5-8-20(17)35(3,30)31/h4-5,7-10,13H,6,11-12,14-15H2,1-3H3,(H,24,27). The van der Waals surface area contributed by atoms with Gasteiger partial charge in [0.05, 0.1) is 41.9 Å². The van der Waals surface area contributed by atoms with E-state index in [2.05, 4.69) is 5.32 Å². The molecule has 3 rings (SSSR count). The van der Waals surface area contributed by atoms with E-state index in [-0.39, 0.29) is 33.8 Å². The smallest absolute Gasteiger partial charge is 0.273 e. The van der Waals surface area contributed by atoms with E-state index in [4.69, 9.17) is 9.47 Å². The topological polar surface area (TPSA) is 122 Å². The molecule has 0 aromatic heterocycles. The zero-order valence-corrected chi connectivity index (χ0v) is 21.3. The lowest BCUT2D eigenvalue weighted by molar-refractivity contribution is -0.137. The van der Waals surface area contributed by atoms with Crippen molar-refractivity contribution in [2.45, 2.75) is 11.3 Å². The highest BCUT2D eigenvalue weighted by Gasteiger charge is 2.33. The highest BCUT2D eigenvalue weighted by molar-refractivity contribution is 8.00. The predicted octanol–water partition coefficient (Wildman–Crippen LogP) is 2.07. The molecule has 1 fully saturated rings. The maximum Gasteiger partial charge on any atom is 0.273 e. The molecule has 1 saturated heterocycles. The van der Waals surface area contributed by atoms with Gasteiger partial charge in [0.15, 0.2) is 9.84 Å². The number of hydrazine groups is 1. The summed E-state index contributed by atoms with van der Waals surface area (Å²) < 4.78 is 34.6. The number of carbonyl (C=O) groups excluding carboxylic acids is 3. The molecule has 2 aromatic rings. The van der Waals surface area contributed by atoms with Gasteiger partial charge in [-0.2, -0.15) is 0 Å². The minimum atomic E-state index is -3.62. The number of carbonyl (C=O) groups is 3. The second-order valence-electron chi connectivity index (χ2n) is 7.67. The van der Waals surface area contributed by atoms with Crippen LogP contribution in [-0.2, 0) is 19.4 Å². The Kier molecular flexibility index (Phi) is 8.62. The molecule has 0 bridgehead atoms. The molecule has 3 amide bonds. The Balaban J connectivity index is 1.60. The fourth-order valence-corrected chi connectivity index (χ4v) is 5.16. The van der Waals surface area contributed by atoms with Gasteiger partial charge >= 0.3 is 0 Å². The van der Waals surface area contributed by atoms with Crippen molar-refractivity contribution >= 4 is 45.0 Å². The SMILES string of the molecule is COc1ccc(OC)c(NC(=O)CSCC(=O)N2CCCN2C(=O)c2ccccc2S(C)(=O)=O)c1. The van der Waals surface area contributed by atoms with E-state index >= 15 is 0 Å². The van der Waals surface area contributed by atoms with Crippen LogP contribution in [0.5, 0.6) is 11.5 Å². The molecule has 1 N–H and O–H groups in total. The van der Waals surface area contributed by atoms with E-state index in [0.29, 0.717) is 36.7 Å². The lowest BCUT2D eigenvalue weighted by Gasteiger charge is -2.28. The number of ether oxygens (including phenoxy) is 2. The summed E-state index contributed by atoms with van der Waals surface area (Å²) in [4.78, 5) is 38.2. The third-order valence-corrected chi connectivity index (χ3v) is 7.28. The Morgan fingerprint density at radius 3 is 2.40 bits per heavy atom. The molecule has 0 aliphatic carbocycles. The summed E-state index contributed by atoms with van der Waals surface area (Å²) in [6.07, 6.45) is 1.61. The number of benzene rings is 2. The molecular weight excluding hydrogens is 494 g/mol. The van der Waals surface area contributed by atoms with Crippen LogP contribution >= 0.6 is 11.8 Å². The van der Waals surface area contributed by atoms with Gasteiger partial charge in [-0.3, -0.25) is 19.4 Å². The van der Waals surface area contributed by atoms with Gasteiger partial charge in [-0.05, 0) is 30.7 Å². The first-order chi connectivity index (χ1) is 16.7. The Hall–Kier alpha value is -3.25. The van der Waals surface area contributed by atoms with E-state index in [1.807, 2.05) is 0 Å². The number of hydrogen-bond donors (Lipinski definition) is 1. The second kappa shape index (κ2) is 11.5. The van der Waals surface area contributed by atoms with E-state index in [1.165, 1.54) is 36.4 Å². The fourth-order valence-electron chi connectivity index (χ4n) is 3.59. The van der Waals surface area contributed by atoms with Crippen molar-refractivity contribution in [3.63, 3.8) is 0 Å². The molecule has 1 heterocycles. The second-order valence-corrected chi connectivity index (χ2v) is 10.6. The lowest BCUT2D eigenvalue weighted by atomic mass is 10.2. The van der Waals surface area contributed by atoms with Gasteiger partial charge in [-0.1, -0.05) is 12.1 Å². The Bertz CT molecular complexity index is 1220. The summed E-state index contributed by atoms with van der Waals surface area (Å²) in [6.45, 7) is 0.628. The van der Waals surface area contributed by atoms with Crippen LogP contribution in [0.1, 0.15) is 16.8 Å². The summed E-state index contributed by atoms with van der Waals surface area (Å²) >= 11 is 1.11. The highest BCUT2D eigenvalue weighted by atomic mass is 32.2. The molecule has 0 spiro atoms. The summed E-state index contributed by atoms with van der Waals surface area (Å²) in [6, 6.07) is 10.9. The van der Waals surface area contributed by atoms with E-state index in [0.717, 1.165) is 18.0 Å². The number of hydrogen-bond acceptors (Lipinski definition) is 8. The molecule has 188 valence electrons. The third kappa shape index (κ3) is 6.45. The minimum Gasteiger partial charge on any atom is -0.497 e. The number of rotatable bonds is 9. The fraction of sp³-hybridized carbons (Fsp3) is 0.348. The number of nitrogens with zero attached hydrogens (tertiary/aromatic N) is 2. The maximum absolute atomic E-state index is 13.1. The lowest BCUT2D eigenvalue weighted by Crippen LogP contribution is -2.46. The molecule has 0 atom stereocenters. The van der Waals surface area contributed by atoms with Gasteiger partial charge in [-0.25, -0.2) is 13.4 Å². The molecule has 1 aliphatic rings. The molecule has 0 radical (unpaired) electrons. The highest BCUT2D eigenvalue weighted by Crippen LogP contribution is 2.29. The number of sulfone groups is 1. The third-order valence-electron chi connectivity index (χ3n) is 5.21. The van der Waals surface area contributed by atoms with Crippen LogP contribution in [0, 0.1) is 0 Å². The monoisotopic (exact) mass is 521 g/mol. The minimum absolute atomic E-state index is 0.00476. The Morgan fingerprint density at radius 2 is 1.71 bits per heavy atom. The van der Waals surface area contributed by atoms with Crippen LogP contribution in [0.15, 0.2) is 47.4 Å². The number of anilines is 1. The summed E-state index contributed by atoms with van der Waals surface area (Å²) in [5.41, 5.74) is 0.471. The van der Waals surface area contributed by atoms with E-state index in [9.17, 15) is 22.8 Å². The van der Waals surface area contributed by atoms with Crippen LogP contribution < -0.4 is 14.8 Å². The van der Waals surface area contributed by atoms with Gasteiger partial charge in [0, 0.05) is 25.4 Å². The van der Waals surface area contributed by atoms with Gasteiger partial charge < -0.3 is 14.8 Å². The predicted molar refractivity (Wildman–Crippen MR) is 132 cm³/mol. The van der Waals surface area contributed by atoms with Crippen molar-refractivity contribution in [2.75, 3.05) is 50.4 Å². The van der Waals surface area contributed by atoms with Crippen molar-refractivity contribution < 1.29 is 32.3 Å². The van der Waals surface area contributed by atoms with Gasteiger partial charge in [0.1, 0.15) is 11.5 Å². The van der Waals surface area contributed by atoms with Crippen molar-refractivity contribution in [1.29, 1.82) is 0 Å². The Morgan fingerprint density at radius 1 is 1.00 bits per heavy atom. The first kappa shape index (κ1) is 26.4. The summed E-state index contributed by atoms with van der Waals surface area (Å²) in [5.74, 6) is -0.216. The molecule has 35 heavy (non-hydrogen) atoms. The molecule has 10 nitrogen and oxygen atoms in total. The van der Waals surface area contributed by atoms with Crippen molar-refractivity contribution in [3.8, 4) is 11.5 Å². The summed E-state index contributed by atoms with van der Waals surface area (Å²) in [5, 5.41) is 5.33. The quantitative estimate of drug-likeness (QED) is 0.532. The zero-order valence-electron chi connectivity index (χ0n) is 19.6. The van der Waals surface area contributed by atoms with Crippen LogP contribution in [0.25, 0.3) is 0 Å².